The van der Waals surface area contributed by atoms with Crippen LogP contribution in [0.5, 0.6) is 0 Å². The lowest BCUT2D eigenvalue weighted by molar-refractivity contribution is 0.0943. The van der Waals surface area contributed by atoms with Crippen LogP contribution in [0.2, 0.25) is 0 Å². The Hall–Kier alpha value is -1.58. The Bertz CT molecular complexity index is 453. The molecule has 1 aromatic rings. The Morgan fingerprint density at radius 2 is 2.10 bits per heavy atom. The molecule has 3 N–H and O–H groups in total. The number of nitrogens with two attached hydrogens (primary N) is 1. The Balaban J connectivity index is 1.93. The van der Waals surface area contributed by atoms with Gasteiger partial charge in [-0.15, -0.1) is 0 Å². The number of pyridine rings is 1. The molecule has 0 unspecified atom stereocenters. The molecule has 2 rings (SSSR count). The number of hydrogen-bond acceptors (Lipinski definition) is 3. The number of nitrogens with zero attached hydrogens (tertiary/aromatic N) is 1. The number of carbonyl (C=O) groups is 1. The number of anilines is 1. The van der Waals surface area contributed by atoms with E-state index in [0.717, 1.165) is 25.1 Å². The first-order chi connectivity index (χ1) is 9.69. The van der Waals surface area contributed by atoms with Crippen molar-refractivity contribution in [3.05, 3.63) is 23.4 Å². The molecule has 20 heavy (non-hydrogen) atoms. The van der Waals surface area contributed by atoms with Gasteiger partial charge in [-0.05, 0) is 37.3 Å². The van der Waals surface area contributed by atoms with Crippen molar-refractivity contribution in [2.45, 2.75) is 51.9 Å². The molecule has 4 heteroatoms. The monoisotopic (exact) mass is 275 g/mol. The third-order valence-corrected chi connectivity index (χ3v) is 3.94. The summed E-state index contributed by atoms with van der Waals surface area (Å²) in [6.07, 6.45) is 8.26. The normalized spacial score (nSPS) is 16.1. The molecule has 110 valence electrons. The van der Waals surface area contributed by atoms with E-state index in [4.69, 9.17) is 5.73 Å². The smallest absolute Gasteiger partial charge is 0.251 e. The standard InChI is InChI=1S/C16H25N3O/c1-2-6-14-9-13(10-15(17)19-14)16(20)18-11-12-7-4-3-5-8-12/h9-10,12H,2-8,11H2,1H3,(H2,17,19)(H,18,20). The summed E-state index contributed by atoms with van der Waals surface area (Å²) in [5.74, 6) is 1.04. The number of aryl methyl sites for hydroxylation is 1. The highest BCUT2D eigenvalue weighted by Gasteiger charge is 2.15. The van der Waals surface area contributed by atoms with Crippen LogP contribution in [0.1, 0.15) is 61.5 Å². The van der Waals surface area contributed by atoms with Crippen molar-refractivity contribution in [1.29, 1.82) is 0 Å². The molecular formula is C16H25N3O. The van der Waals surface area contributed by atoms with Crippen LogP contribution in [0.3, 0.4) is 0 Å². The maximum absolute atomic E-state index is 12.2. The number of carbonyl (C=O) groups excluding carboxylic acids is 1. The molecule has 0 saturated heterocycles. The van der Waals surface area contributed by atoms with Gasteiger partial charge < -0.3 is 11.1 Å². The highest BCUT2D eigenvalue weighted by molar-refractivity contribution is 5.94. The maximum Gasteiger partial charge on any atom is 0.251 e. The summed E-state index contributed by atoms with van der Waals surface area (Å²) in [4.78, 5) is 16.5. The van der Waals surface area contributed by atoms with Crippen molar-refractivity contribution in [2.75, 3.05) is 12.3 Å². The Kier molecular flexibility index (Phi) is 5.39. The number of nitrogens with one attached hydrogen (secondary N) is 1. The van der Waals surface area contributed by atoms with Crippen molar-refractivity contribution in [2.24, 2.45) is 5.92 Å². The Morgan fingerprint density at radius 3 is 2.80 bits per heavy atom. The molecule has 0 aromatic carbocycles. The third-order valence-electron chi connectivity index (χ3n) is 3.94. The molecule has 1 aliphatic carbocycles. The lowest BCUT2D eigenvalue weighted by Gasteiger charge is -2.21. The number of rotatable bonds is 5. The van der Waals surface area contributed by atoms with Crippen LogP contribution in [0, 0.1) is 5.92 Å². The second-order valence-corrected chi connectivity index (χ2v) is 5.74. The minimum absolute atomic E-state index is 0.0259. The van der Waals surface area contributed by atoms with E-state index < -0.39 is 0 Å². The van der Waals surface area contributed by atoms with E-state index in [1.165, 1.54) is 32.1 Å². The number of aromatic nitrogens is 1. The Morgan fingerprint density at radius 1 is 1.35 bits per heavy atom. The zero-order valence-electron chi connectivity index (χ0n) is 12.3. The molecular weight excluding hydrogens is 250 g/mol. The molecule has 1 heterocycles. The molecule has 1 aliphatic rings. The van der Waals surface area contributed by atoms with Gasteiger partial charge in [-0.2, -0.15) is 0 Å². The van der Waals surface area contributed by atoms with E-state index in [1.54, 1.807) is 6.07 Å². The first-order valence-electron chi connectivity index (χ1n) is 7.73. The van der Waals surface area contributed by atoms with Crippen LogP contribution in [0.15, 0.2) is 12.1 Å². The highest BCUT2D eigenvalue weighted by atomic mass is 16.1. The van der Waals surface area contributed by atoms with Gasteiger partial charge in [-0.3, -0.25) is 4.79 Å². The van der Waals surface area contributed by atoms with Gasteiger partial charge in [0.1, 0.15) is 5.82 Å². The molecule has 4 nitrogen and oxygen atoms in total. The quantitative estimate of drug-likeness (QED) is 0.868. The van der Waals surface area contributed by atoms with Crippen molar-refractivity contribution in [3.8, 4) is 0 Å². The SMILES string of the molecule is CCCc1cc(C(=O)NCC2CCCCC2)cc(N)n1. The predicted octanol–water partition coefficient (Wildman–Crippen LogP) is 2.93. The van der Waals surface area contributed by atoms with E-state index in [2.05, 4.69) is 17.2 Å². The van der Waals surface area contributed by atoms with Crippen molar-refractivity contribution < 1.29 is 4.79 Å². The molecule has 1 saturated carbocycles. The zero-order chi connectivity index (χ0) is 14.4. The second kappa shape index (κ2) is 7.27. The van der Waals surface area contributed by atoms with E-state index in [0.29, 0.717) is 17.3 Å². The van der Waals surface area contributed by atoms with Crippen LogP contribution in [0.4, 0.5) is 5.82 Å². The average molecular weight is 275 g/mol. The summed E-state index contributed by atoms with van der Waals surface area (Å²) >= 11 is 0. The summed E-state index contributed by atoms with van der Waals surface area (Å²) in [5, 5.41) is 3.04. The third kappa shape index (κ3) is 4.22. The number of nitrogen functional groups attached to an aromatic ring is 1. The summed E-state index contributed by atoms with van der Waals surface area (Å²) < 4.78 is 0. The molecule has 1 fully saturated rings. The summed E-state index contributed by atoms with van der Waals surface area (Å²) in [6, 6.07) is 3.52. The molecule has 1 amide bonds. The predicted molar refractivity (Wildman–Crippen MR) is 81.6 cm³/mol. The Labute approximate surface area is 121 Å². The second-order valence-electron chi connectivity index (χ2n) is 5.74. The largest absolute Gasteiger partial charge is 0.384 e. The fourth-order valence-corrected chi connectivity index (χ4v) is 2.86. The van der Waals surface area contributed by atoms with Crippen LogP contribution < -0.4 is 11.1 Å². The van der Waals surface area contributed by atoms with Crippen LogP contribution in [-0.2, 0) is 6.42 Å². The average Bonchev–Trinajstić information content (AvgIpc) is 2.45. The summed E-state index contributed by atoms with van der Waals surface area (Å²) in [5.41, 5.74) is 7.31. The van der Waals surface area contributed by atoms with Gasteiger partial charge in [-0.25, -0.2) is 4.98 Å². The lowest BCUT2D eigenvalue weighted by Crippen LogP contribution is -2.30. The van der Waals surface area contributed by atoms with E-state index in [1.807, 2.05) is 6.07 Å². The zero-order valence-corrected chi connectivity index (χ0v) is 12.3. The van der Waals surface area contributed by atoms with Crippen molar-refractivity contribution in [1.82, 2.24) is 10.3 Å². The van der Waals surface area contributed by atoms with Gasteiger partial charge in [0.15, 0.2) is 0 Å². The molecule has 0 spiro atoms. The maximum atomic E-state index is 12.2. The van der Waals surface area contributed by atoms with E-state index in [9.17, 15) is 4.79 Å². The first kappa shape index (κ1) is 14.8. The van der Waals surface area contributed by atoms with Gasteiger partial charge in [0.05, 0.1) is 0 Å². The highest BCUT2D eigenvalue weighted by Crippen LogP contribution is 2.22. The summed E-state index contributed by atoms with van der Waals surface area (Å²) in [7, 11) is 0. The number of amides is 1. The first-order valence-corrected chi connectivity index (χ1v) is 7.73. The minimum Gasteiger partial charge on any atom is -0.384 e. The van der Waals surface area contributed by atoms with Crippen LogP contribution in [0.25, 0.3) is 0 Å². The fraction of sp³-hybridized carbons (Fsp3) is 0.625. The minimum atomic E-state index is -0.0259. The van der Waals surface area contributed by atoms with Crippen molar-refractivity contribution in [3.63, 3.8) is 0 Å². The molecule has 0 aliphatic heterocycles. The topological polar surface area (TPSA) is 68.0 Å². The van der Waals surface area contributed by atoms with Crippen LogP contribution >= 0.6 is 0 Å². The van der Waals surface area contributed by atoms with Gasteiger partial charge in [0, 0.05) is 17.8 Å². The van der Waals surface area contributed by atoms with E-state index in [-0.39, 0.29) is 5.91 Å². The number of hydrogen-bond donors (Lipinski definition) is 2. The van der Waals surface area contributed by atoms with Gasteiger partial charge in [-0.1, -0.05) is 32.6 Å². The molecule has 1 aromatic heterocycles. The lowest BCUT2D eigenvalue weighted by atomic mass is 9.89. The fourth-order valence-electron chi connectivity index (χ4n) is 2.86. The van der Waals surface area contributed by atoms with Crippen molar-refractivity contribution >= 4 is 11.7 Å². The summed E-state index contributed by atoms with van der Waals surface area (Å²) in [6.45, 7) is 2.87. The molecule has 0 bridgehead atoms. The molecule has 0 atom stereocenters. The van der Waals surface area contributed by atoms with E-state index >= 15 is 0 Å². The van der Waals surface area contributed by atoms with Gasteiger partial charge >= 0.3 is 0 Å². The van der Waals surface area contributed by atoms with Gasteiger partial charge in [0.2, 0.25) is 0 Å². The molecule has 0 radical (unpaired) electrons. The van der Waals surface area contributed by atoms with Gasteiger partial charge in [0.25, 0.3) is 5.91 Å². The van der Waals surface area contributed by atoms with Crippen LogP contribution in [-0.4, -0.2) is 17.4 Å².